The van der Waals surface area contributed by atoms with Gasteiger partial charge in [-0.2, -0.15) is 15.8 Å². The second-order valence-corrected chi connectivity index (χ2v) is 12.5. The first-order chi connectivity index (χ1) is 28.0. The molecule has 1 amide bonds. The molecule has 2 N–H and O–H groups in total. The van der Waals surface area contributed by atoms with Crippen LogP contribution in [0.25, 0.3) is 20.8 Å². The zero-order valence-electron chi connectivity index (χ0n) is 31.2. The van der Waals surface area contributed by atoms with Crippen LogP contribution in [0.2, 0.25) is 0 Å². The fourth-order valence-corrected chi connectivity index (χ4v) is 6.40. The Labute approximate surface area is 335 Å². The van der Waals surface area contributed by atoms with Gasteiger partial charge in [0.15, 0.2) is 6.07 Å². The summed E-state index contributed by atoms with van der Waals surface area (Å²) in [5.74, 6) is -2.30. The maximum atomic E-state index is 12.5. The van der Waals surface area contributed by atoms with E-state index >= 15 is 0 Å². The Hall–Kier alpha value is -8.43. The molecule has 58 heavy (non-hydrogen) atoms. The highest BCUT2D eigenvalue weighted by molar-refractivity contribution is 5.91. The van der Waals surface area contributed by atoms with Crippen LogP contribution < -0.4 is 0 Å². The molecule has 4 rings (SSSR count). The van der Waals surface area contributed by atoms with Crippen LogP contribution >= 0.6 is 0 Å². The summed E-state index contributed by atoms with van der Waals surface area (Å²) in [5, 5.41) is 58.5. The van der Waals surface area contributed by atoms with E-state index in [9.17, 15) is 45.6 Å². The third-order valence-corrected chi connectivity index (χ3v) is 9.16. The van der Waals surface area contributed by atoms with Crippen LogP contribution in [-0.2, 0) is 4.74 Å². The molecule has 2 aromatic rings. The van der Waals surface area contributed by atoms with Crippen LogP contribution in [-0.4, -0.2) is 76.9 Å². The fourth-order valence-electron chi connectivity index (χ4n) is 6.40. The maximum Gasteiger partial charge on any atom is 0.409 e. The molecule has 0 radical (unpaired) electrons. The van der Waals surface area contributed by atoms with E-state index in [1.54, 1.807) is 24.0 Å². The Bertz CT molecular complexity index is 2420. The minimum Gasteiger partial charge on any atom is -0.478 e. The van der Waals surface area contributed by atoms with Crippen molar-refractivity contribution in [2.24, 2.45) is 0 Å². The van der Waals surface area contributed by atoms with Crippen molar-refractivity contribution < 1.29 is 29.3 Å². The second kappa shape index (κ2) is 20.3. The first kappa shape index (κ1) is 42.3. The standard InChI is InChI=1S/C44H34N8O6/c1-4-58-44(57)52-23-21-51(22-24-52)41-31(7-5-9-35(25-45)39(37(27-47)49-2)29-11-17-33(18-12-29)42(53)54)15-16-32(41)8-6-10-36(26-46)40(38(28-48)50-3)30-13-19-34(20-14-30)43(55)56/h5-14,17-20,37H,4,15-16,21-24H2,1H3,(H,53,54)(H,55,56)/b8-6+,9-5+,31-7+,36-10+,39-35+,40-38+. The number of nitriles is 4. The van der Waals surface area contributed by atoms with E-state index in [1.165, 1.54) is 60.7 Å². The van der Waals surface area contributed by atoms with Gasteiger partial charge in [0.25, 0.3) is 5.70 Å². The van der Waals surface area contributed by atoms with Crippen molar-refractivity contribution in [1.82, 2.24) is 9.80 Å². The van der Waals surface area contributed by atoms with Crippen molar-refractivity contribution in [2.75, 3.05) is 32.8 Å². The fraction of sp³-hybridized carbons (Fsp3) is 0.205. The Morgan fingerprint density at radius 3 is 1.95 bits per heavy atom. The van der Waals surface area contributed by atoms with Gasteiger partial charge >= 0.3 is 24.1 Å². The highest BCUT2D eigenvalue weighted by Crippen LogP contribution is 2.36. The number of aromatic carboxylic acids is 2. The molecule has 286 valence electrons. The van der Waals surface area contributed by atoms with Crippen molar-refractivity contribution in [2.45, 2.75) is 25.8 Å². The first-order valence-corrected chi connectivity index (χ1v) is 17.7. The lowest BCUT2D eigenvalue weighted by molar-refractivity contribution is 0.0686. The summed E-state index contributed by atoms with van der Waals surface area (Å²) in [5.41, 5.74) is 3.20. The maximum absolute atomic E-state index is 12.5. The third kappa shape index (κ3) is 10.0. The van der Waals surface area contributed by atoms with E-state index in [1.807, 2.05) is 24.3 Å². The third-order valence-electron chi connectivity index (χ3n) is 9.16. The molecule has 1 fully saturated rings. The van der Waals surface area contributed by atoms with Crippen LogP contribution in [0.5, 0.6) is 0 Å². The van der Waals surface area contributed by atoms with Crippen LogP contribution in [0.4, 0.5) is 4.79 Å². The molecule has 1 atom stereocenters. The normalized spacial score (nSPS) is 16.3. The number of hydrogen-bond donors (Lipinski definition) is 2. The molecule has 1 aliphatic heterocycles. The minimum absolute atomic E-state index is 0.00313. The van der Waals surface area contributed by atoms with Crippen LogP contribution in [0.1, 0.15) is 51.6 Å². The van der Waals surface area contributed by atoms with Crippen molar-refractivity contribution in [3.8, 4) is 24.3 Å². The van der Waals surface area contributed by atoms with E-state index in [4.69, 9.17) is 17.9 Å². The molecular weight excluding hydrogens is 737 g/mol. The SMILES string of the molecule is [C-]#[N+]/C(C#N)=C(/C(C#N)=C/C=C/C1=C(N2CCN(C(=O)OCC)CC2)C(=C/C=C/C(C#N)=C(/c2ccc(C(=O)O)cc2)C(C#N)[N+]#[C-])/CC1)c1ccc(C(=O)O)cc1. The van der Waals surface area contributed by atoms with Gasteiger partial charge < -0.3 is 24.7 Å². The molecule has 0 spiro atoms. The Kier molecular flexibility index (Phi) is 14.8. The lowest BCUT2D eigenvalue weighted by atomic mass is 9.93. The van der Waals surface area contributed by atoms with Crippen LogP contribution in [0, 0.1) is 58.5 Å². The molecule has 1 unspecified atom stereocenters. The Morgan fingerprint density at radius 2 is 1.45 bits per heavy atom. The molecule has 1 heterocycles. The lowest BCUT2D eigenvalue weighted by Gasteiger charge is -2.37. The second-order valence-electron chi connectivity index (χ2n) is 12.5. The molecule has 14 heteroatoms. The van der Waals surface area contributed by atoms with Crippen molar-refractivity contribution in [3.63, 3.8) is 0 Å². The van der Waals surface area contributed by atoms with Gasteiger partial charge in [-0.05, 0) is 78.5 Å². The van der Waals surface area contributed by atoms with Gasteiger partial charge in [0, 0.05) is 37.4 Å². The molecule has 14 nitrogen and oxygen atoms in total. The highest BCUT2D eigenvalue weighted by atomic mass is 16.6. The van der Waals surface area contributed by atoms with Gasteiger partial charge in [-0.3, -0.25) is 4.85 Å². The Balaban J connectivity index is 1.79. The van der Waals surface area contributed by atoms with Crippen molar-refractivity contribution in [3.05, 3.63) is 164 Å². The number of carboxylic acids is 2. The summed E-state index contributed by atoms with van der Waals surface area (Å²) < 4.78 is 5.19. The zero-order chi connectivity index (χ0) is 42.2. The number of ether oxygens (including phenoxy) is 1. The lowest BCUT2D eigenvalue weighted by Crippen LogP contribution is -2.48. The number of benzene rings is 2. The molecule has 2 aromatic carbocycles. The number of carbonyl (C=O) groups is 3. The quantitative estimate of drug-likeness (QED) is 0.124. The van der Waals surface area contributed by atoms with Crippen LogP contribution in [0.15, 0.2) is 119 Å². The van der Waals surface area contributed by atoms with Gasteiger partial charge in [0.05, 0.1) is 59.2 Å². The molecular formula is C44H34N8O6. The van der Waals surface area contributed by atoms with Gasteiger partial charge in [0.1, 0.15) is 0 Å². The van der Waals surface area contributed by atoms with Gasteiger partial charge in [-0.15, -0.1) is 0 Å². The van der Waals surface area contributed by atoms with Crippen molar-refractivity contribution >= 4 is 29.2 Å². The number of hydrogen-bond acceptors (Lipinski definition) is 9. The number of nitrogens with zero attached hydrogens (tertiary/aromatic N) is 8. The predicted molar refractivity (Wildman–Crippen MR) is 211 cm³/mol. The van der Waals surface area contributed by atoms with E-state index < -0.39 is 24.1 Å². The number of carbonyl (C=O) groups excluding carboxylic acids is 1. The average Bonchev–Trinajstić information content (AvgIpc) is 3.65. The predicted octanol–water partition coefficient (Wildman–Crippen LogP) is 7.34. The highest BCUT2D eigenvalue weighted by Gasteiger charge is 2.29. The van der Waals surface area contributed by atoms with E-state index in [2.05, 4.69) is 26.7 Å². The van der Waals surface area contributed by atoms with Gasteiger partial charge in [0.2, 0.25) is 0 Å². The van der Waals surface area contributed by atoms with E-state index in [-0.39, 0.29) is 45.7 Å². The van der Waals surface area contributed by atoms with Gasteiger partial charge in [-0.25, -0.2) is 31.1 Å². The summed E-state index contributed by atoms with van der Waals surface area (Å²) in [7, 11) is 0. The van der Waals surface area contributed by atoms with E-state index in [0.29, 0.717) is 50.1 Å². The number of allylic oxidation sites excluding steroid dienone is 12. The average molecular weight is 771 g/mol. The molecule has 2 aliphatic rings. The van der Waals surface area contributed by atoms with Crippen molar-refractivity contribution in [1.29, 1.82) is 21.0 Å². The molecule has 1 aliphatic carbocycles. The smallest absolute Gasteiger partial charge is 0.409 e. The topological polar surface area (TPSA) is 211 Å². The van der Waals surface area contributed by atoms with Gasteiger partial charge in [-0.1, -0.05) is 48.6 Å². The molecule has 0 saturated carbocycles. The zero-order valence-corrected chi connectivity index (χ0v) is 31.2. The largest absolute Gasteiger partial charge is 0.478 e. The number of amides is 1. The number of piperazine rings is 1. The van der Waals surface area contributed by atoms with Crippen LogP contribution in [0.3, 0.4) is 0 Å². The summed E-state index contributed by atoms with van der Waals surface area (Å²) in [4.78, 5) is 45.7. The monoisotopic (exact) mass is 770 g/mol. The summed E-state index contributed by atoms with van der Waals surface area (Å²) >= 11 is 0. The summed E-state index contributed by atoms with van der Waals surface area (Å²) in [6.07, 6.45) is 10.6. The summed E-state index contributed by atoms with van der Waals surface area (Å²) in [6.45, 7) is 18.8. The minimum atomic E-state index is -1.33. The molecule has 0 aromatic heterocycles. The van der Waals surface area contributed by atoms with E-state index in [0.717, 1.165) is 16.8 Å². The molecule has 0 bridgehead atoms. The number of rotatable bonds is 12. The summed E-state index contributed by atoms with van der Waals surface area (Å²) in [6, 6.07) is 17.6. The Morgan fingerprint density at radius 1 is 0.845 bits per heavy atom. The first-order valence-electron chi connectivity index (χ1n) is 17.7. The molecule has 1 saturated heterocycles. The number of carboxylic acid groups (broad SMARTS) is 2.